The molecule has 0 fully saturated rings. The number of hydrogen-bond acceptors (Lipinski definition) is 1. The van der Waals surface area contributed by atoms with Crippen LogP contribution in [-0.4, -0.2) is 5.75 Å². The Labute approximate surface area is 72.4 Å². The van der Waals surface area contributed by atoms with E-state index >= 15 is 0 Å². The largest absolute Gasteiger partial charge is 0.121 e. The van der Waals surface area contributed by atoms with E-state index in [-0.39, 0.29) is 0 Å². The average molecular weight is 164 g/mol. The van der Waals surface area contributed by atoms with Crippen LogP contribution in [0.15, 0.2) is 47.9 Å². The third kappa shape index (κ3) is 1.87. The van der Waals surface area contributed by atoms with E-state index in [4.69, 9.17) is 0 Å². The van der Waals surface area contributed by atoms with E-state index in [0.717, 1.165) is 12.2 Å². The van der Waals surface area contributed by atoms with Gasteiger partial charge < -0.3 is 0 Å². The Morgan fingerprint density at radius 1 is 1.27 bits per heavy atom. The first-order chi connectivity index (χ1) is 5.27. The average Bonchev–Trinajstić information content (AvgIpc) is 2.04. The van der Waals surface area contributed by atoms with Crippen molar-refractivity contribution in [2.75, 3.05) is 5.75 Å². The Bertz CT molecular complexity index is 233. The lowest BCUT2D eigenvalue weighted by atomic mass is 10.1. The highest BCUT2D eigenvalue weighted by Gasteiger charge is 2.10. The lowest BCUT2D eigenvalue weighted by molar-refractivity contribution is 1.15. The molecule has 0 radical (unpaired) electrons. The maximum absolute atomic E-state index is 3.94. The van der Waals surface area contributed by atoms with Gasteiger partial charge in [0, 0.05) is 10.7 Å². The number of rotatable bonds is 2. The molecule has 0 aromatic rings. The van der Waals surface area contributed by atoms with Gasteiger partial charge >= 0.3 is 0 Å². The zero-order chi connectivity index (χ0) is 8.27. The molecule has 1 heterocycles. The molecule has 0 N–H and O–H groups in total. The lowest BCUT2D eigenvalue weighted by Gasteiger charge is -2.16. The Morgan fingerprint density at radius 2 is 2.00 bits per heavy atom. The molecule has 58 valence electrons. The summed E-state index contributed by atoms with van der Waals surface area (Å²) in [6, 6.07) is 0. The summed E-state index contributed by atoms with van der Waals surface area (Å²) in [7, 11) is 0. The molecule has 1 aliphatic heterocycles. The predicted octanol–water partition coefficient (Wildman–Crippen LogP) is 3.31. The van der Waals surface area contributed by atoms with E-state index in [9.17, 15) is 0 Å². The predicted molar refractivity (Wildman–Crippen MR) is 53.6 cm³/mol. The standard InChI is InChI=1S/C10H12S/c1-4-9-6-8(3)7-11-10(9)5-2/h4-5H,1-3,6-7H2. The van der Waals surface area contributed by atoms with Crippen molar-refractivity contribution in [2.24, 2.45) is 0 Å². The minimum Gasteiger partial charge on any atom is -0.121 e. The molecule has 0 aromatic carbocycles. The molecular weight excluding hydrogens is 152 g/mol. The monoisotopic (exact) mass is 164 g/mol. The Morgan fingerprint density at radius 3 is 2.55 bits per heavy atom. The molecule has 0 saturated heterocycles. The van der Waals surface area contributed by atoms with Crippen molar-refractivity contribution in [2.45, 2.75) is 6.42 Å². The van der Waals surface area contributed by atoms with Crippen LogP contribution in [0.1, 0.15) is 6.42 Å². The normalized spacial score (nSPS) is 18.4. The molecule has 0 aliphatic carbocycles. The fraction of sp³-hybridized carbons (Fsp3) is 0.200. The molecule has 1 rings (SSSR count). The molecule has 11 heavy (non-hydrogen) atoms. The number of hydrogen-bond donors (Lipinski definition) is 0. The van der Waals surface area contributed by atoms with Crippen LogP contribution in [0.3, 0.4) is 0 Å². The first kappa shape index (κ1) is 8.41. The van der Waals surface area contributed by atoms with Gasteiger partial charge in [0.1, 0.15) is 0 Å². The van der Waals surface area contributed by atoms with Gasteiger partial charge in [-0.15, -0.1) is 11.8 Å². The van der Waals surface area contributed by atoms with Crippen molar-refractivity contribution in [3.05, 3.63) is 47.9 Å². The van der Waals surface area contributed by atoms with Crippen molar-refractivity contribution < 1.29 is 0 Å². The Hall–Kier alpha value is -0.690. The molecule has 1 heteroatoms. The zero-order valence-corrected chi connectivity index (χ0v) is 7.41. The third-order valence-electron chi connectivity index (χ3n) is 1.62. The SMILES string of the molecule is C=CC1=C(C=C)SCC(=C)C1. The third-order valence-corrected chi connectivity index (χ3v) is 2.91. The van der Waals surface area contributed by atoms with Gasteiger partial charge in [0.2, 0.25) is 0 Å². The Kier molecular flexibility index (Phi) is 2.77. The molecule has 0 nitrogen and oxygen atoms in total. The molecule has 0 spiro atoms. The van der Waals surface area contributed by atoms with Crippen LogP contribution in [0.25, 0.3) is 0 Å². The van der Waals surface area contributed by atoms with Crippen LogP contribution >= 0.6 is 11.8 Å². The van der Waals surface area contributed by atoms with Crippen molar-refractivity contribution in [3.8, 4) is 0 Å². The second-order valence-corrected chi connectivity index (χ2v) is 3.53. The first-order valence-corrected chi connectivity index (χ1v) is 4.54. The summed E-state index contributed by atoms with van der Waals surface area (Å²) >= 11 is 1.79. The van der Waals surface area contributed by atoms with Gasteiger partial charge in [-0.25, -0.2) is 0 Å². The maximum Gasteiger partial charge on any atom is 0.0191 e. The van der Waals surface area contributed by atoms with E-state index in [1.807, 2.05) is 12.2 Å². The fourth-order valence-electron chi connectivity index (χ4n) is 1.04. The molecule has 0 atom stereocenters. The van der Waals surface area contributed by atoms with Gasteiger partial charge in [0.25, 0.3) is 0 Å². The molecule has 0 aromatic heterocycles. The minimum absolute atomic E-state index is 0.970. The first-order valence-electron chi connectivity index (χ1n) is 3.55. The van der Waals surface area contributed by atoms with E-state index < -0.39 is 0 Å². The van der Waals surface area contributed by atoms with Gasteiger partial charge in [-0.1, -0.05) is 37.5 Å². The van der Waals surface area contributed by atoms with Crippen LogP contribution in [0.5, 0.6) is 0 Å². The van der Waals surface area contributed by atoms with Gasteiger partial charge in [-0.2, -0.15) is 0 Å². The van der Waals surface area contributed by atoms with Gasteiger partial charge in [0.15, 0.2) is 0 Å². The molecule has 0 unspecified atom stereocenters. The van der Waals surface area contributed by atoms with E-state index in [0.29, 0.717) is 0 Å². The highest BCUT2D eigenvalue weighted by atomic mass is 32.2. The molecule has 0 amide bonds. The highest BCUT2D eigenvalue weighted by molar-refractivity contribution is 8.03. The molecule has 0 bridgehead atoms. The van der Waals surface area contributed by atoms with Gasteiger partial charge in [-0.3, -0.25) is 0 Å². The summed E-state index contributed by atoms with van der Waals surface area (Å²) in [4.78, 5) is 1.26. The number of allylic oxidation sites excluding steroid dienone is 3. The zero-order valence-electron chi connectivity index (χ0n) is 6.60. The lowest BCUT2D eigenvalue weighted by Crippen LogP contribution is -1.97. The number of thioether (sulfide) groups is 1. The van der Waals surface area contributed by atoms with E-state index in [1.54, 1.807) is 11.8 Å². The van der Waals surface area contributed by atoms with Crippen LogP contribution in [0.2, 0.25) is 0 Å². The van der Waals surface area contributed by atoms with E-state index in [2.05, 4.69) is 19.7 Å². The van der Waals surface area contributed by atoms with Crippen molar-refractivity contribution in [3.63, 3.8) is 0 Å². The minimum atomic E-state index is 0.970. The maximum atomic E-state index is 3.94. The molecule has 0 saturated carbocycles. The van der Waals surface area contributed by atoms with Gasteiger partial charge in [-0.05, 0) is 12.0 Å². The molecule has 1 aliphatic rings. The summed E-state index contributed by atoms with van der Waals surface area (Å²) < 4.78 is 0. The smallest absolute Gasteiger partial charge is 0.0191 e. The summed E-state index contributed by atoms with van der Waals surface area (Å²) in [5.74, 6) is 1.03. The van der Waals surface area contributed by atoms with Crippen LogP contribution in [-0.2, 0) is 0 Å². The second kappa shape index (κ2) is 3.63. The van der Waals surface area contributed by atoms with Crippen LogP contribution in [0.4, 0.5) is 0 Å². The second-order valence-electron chi connectivity index (χ2n) is 2.51. The fourth-order valence-corrected chi connectivity index (χ4v) is 1.96. The quantitative estimate of drug-likeness (QED) is 0.564. The molecular formula is C10H12S. The van der Waals surface area contributed by atoms with Crippen molar-refractivity contribution >= 4 is 11.8 Å². The van der Waals surface area contributed by atoms with Crippen LogP contribution < -0.4 is 0 Å². The Balaban J connectivity index is 2.91. The summed E-state index contributed by atoms with van der Waals surface area (Å²) in [6.07, 6.45) is 4.76. The van der Waals surface area contributed by atoms with E-state index in [1.165, 1.54) is 16.1 Å². The van der Waals surface area contributed by atoms with Crippen molar-refractivity contribution in [1.29, 1.82) is 0 Å². The van der Waals surface area contributed by atoms with Gasteiger partial charge in [0.05, 0.1) is 0 Å². The topological polar surface area (TPSA) is 0 Å². The summed E-state index contributed by atoms with van der Waals surface area (Å²) in [5, 5.41) is 0. The summed E-state index contributed by atoms with van der Waals surface area (Å²) in [5.41, 5.74) is 2.54. The summed E-state index contributed by atoms with van der Waals surface area (Å²) in [6.45, 7) is 11.5. The van der Waals surface area contributed by atoms with Crippen molar-refractivity contribution in [1.82, 2.24) is 0 Å². The highest BCUT2D eigenvalue weighted by Crippen LogP contribution is 2.32. The van der Waals surface area contributed by atoms with Crippen LogP contribution in [0, 0.1) is 0 Å².